The summed E-state index contributed by atoms with van der Waals surface area (Å²) in [6.45, 7) is 11.8. The number of phenolic OH excluding ortho intramolecular Hbond substituents is 3. The van der Waals surface area contributed by atoms with Gasteiger partial charge >= 0.3 is 0 Å². The molecular formula is C88H124Cl2N14O22. The van der Waals surface area contributed by atoms with Crippen molar-refractivity contribution in [1.29, 1.82) is 0 Å². The number of phenols is 3. The summed E-state index contributed by atoms with van der Waals surface area (Å²) in [5, 5.41) is 122. The quantitative estimate of drug-likeness (QED) is 0.0258. The lowest BCUT2D eigenvalue weighted by atomic mass is 9.85. The molecule has 0 radical (unpaired) electrons. The van der Waals surface area contributed by atoms with Gasteiger partial charge in [-0.25, -0.2) is 0 Å². The van der Waals surface area contributed by atoms with Crippen LogP contribution in [0.15, 0.2) is 78.9 Å². The number of unbranched alkanes of at least 4 members (excludes halogenated alkanes) is 7. The smallest absolute Gasteiger partial charge is 0.249 e. The summed E-state index contributed by atoms with van der Waals surface area (Å²) >= 11 is 14.6. The molecule has 7 aliphatic rings. The molecular weight excluding hydrogens is 1680 g/mol. The summed E-state index contributed by atoms with van der Waals surface area (Å²) in [7, 11) is 8.87. The molecule has 0 saturated carbocycles. The number of aliphatic hydroxyl groups is 5. The van der Waals surface area contributed by atoms with E-state index in [4.69, 9.17) is 63.1 Å². The second kappa shape index (κ2) is 45.1. The average molecular weight is 1800 g/mol. The number of nitrogens with one attached hydrogen (secondary N) is 9. The van der Waals surface area contributed by atoms with Crippen LogP contribution in [-0.4, -0.2) is 269 Å². The van der Waals surface area contributed by atoms with Crippen LogP contribution in [0.25, 0.3) is 11.1 Å². The van der Waals surface area contributed by atoms with Crippen molar-refractivity contribution in [2.24, 2.45) is 17.4 Å². The third-order valence-corrected chi connectivity index (χ3v) is 23.8. The van der Waals surface area contributed by atoms with E-state index in [1.54, 1.807) is 13.8 Å². The largest absolute Gasteiger partial charge is 0.508 e. The van der Waals surface area contributed by atoms with Crippen LogP contribution in [0, 0.1) is 5.92 Å². The highest BCUT2D eigenvalue weighted by atomic mass is 35.5. The number of benzene rings is 5. The Kier molecular flexibility index (Phi) is 35.4. The van der Waals surface area contributed by atoms with Crippen LogP contribution in [0.1, 0.15) is 176 Å². The zero-order valence-corrected chi connectivity index (χ0v) is 74.3. The number of ether oxygens (including phenoxy) is 6. The molecule has 0 aliphatic carbocycles. The van der Waals surface area contributed by atoms with E-state index in [1.807, 2.05) is 51.8 Å². The standard InChI is InChI=1S/C88H124Cl2N14O22/c1-11-12-13-14-15-16-17-18-27-94-28-29-95-88(5)43-66(121-46(4)79(88)113)125-78-76(112)75(111)64(44-91)124-87(78)126-77-62-38-50-39-63(77)123-61-26-23-49(37-55(61)90)74(110)72-85(119)99-70(86(120)104(32-19-30-102(7)8)33-20-31-103(9)10)53-40-51(105)41-59(107)67(53)52-35-47(21-24-58(52)106)68(82(116)101-72)98-83(117)69(50)97-81(115)57(42-65(92)108)96-84(118)71(100-80(114)56(93-6)34-45(2)3)73(109)48-22-25-60(122-62)54(89)36-48/h21-26,35-41,45-46,56-57,64,66,68-76,78-79,87,93-95,105-107,109-113H,11-20,27-34,42-44,91H2,1-10H3,(H2,92,108)(H,96,118)(H,97,115)(H,98,117)(H,99,119)(H,100,114)(H,101,116)/t46-,56+,57-,64+,66-,68+,69+,70-,71+,72-,73+,74+,75+,76-,78+,79+,87-,88-/m0/s1. The lowest BCUT2D eigenvalue weighted by Crippen LogP contribution is -2.66. The Bertz CT molecular complexity index is 4620. The maximum Gasteiger partial charge on any atom is 0.249 e. The molecule has 2 fully saturated rings. The maximum absolute atomic E-state index is 16.5. The molecule has 126 heavy (non-hydrogen) atoms. The van der Waals surface area contributed by atoms with E-state index in [0.717, 1.165) is 68.3 Å². The fourth-order valence-electron chi connectivity index (χ4n) is 16.3. The number of nitrogens with two attached hydrogens (primary N) is 2. The minimum absolute atomic E-state index is 0.0771. The summed E-state index contributed by atoms with van der Waals surface area (Å²) in [5.74, 6) is -13.9. The Balaban J connectivity index is 1.17. The van der Waals surface area contributed by atoms with E-state index >= 15 is 28.8 Å². The van der Waals surface area contributed by atoms with E-state index in [2.05, 4.69) is 54.8 Å². The monoisotopic (exact) mass is 1800 g/mol. The number of nitrogens with zero attached hydrogens (tertiary/aromatic N) is 3. The summed E-state index contributed by atoms with van der Waals surface area (Å²) in [5.41, 5.74) is 8.99. The minimum Gasteiger partial charge on any atom is -0.508 e. The number of fused-ring (bicyclic) bond motifs is 15. The van der Waals surface area contributed by atoms with Gasteiger partial charge in [-0.15, -0.1) is 0 Å². The van der Waals surface area contributed by atoms with Gasteiger partial charge < -0.3 is 143 Å². The second-order valence-electron chi connectivity index (χ2n) is 34.1. The SMILES string of the molecule is CCCCCCCCCCNCCN[C@@]1(C)C[C@H](O[C@H]2[C@H](Oc3c4cc5cc3Oc3ccc(cc3Cl)[C@@H](O)[C@@H](NC(=O)[C@@H](CC(C)C)NC)C(=O)N[C@@H](CC(N)=O)C(=O)N[C@H]5C(=O)N[C@H]3C(=O)N[C@H](C(=O)N[C@H](C(=O)N(CCCN(C)C)CCCN(C)C)c5cc(O)cc(O)c5-c5cc3ccc5O)[C@H](O)c3ccc(c(Cl)c3)O4)O[C@H](CN)[C@@H](O)[C@@H]2O)O[C@@H](C)[C@H]1O. The highest BCUT2D eigenvalue weighted by molar-refractivity contribution is 6.32. The molecule has 0 unspecified atom stereocenters. The predicted octanol–water partition coefficient (Wildman–Crippen LogP) is 4.08. The third kappa shape index (κ3) is 25.0. The molecule has 0 spiro atoms. The van der Waals surface area contributed by atoms with Gasteiger partial charge in [0, 0.05) is 61.9 Å². The highest BCUT2D eigenvalue weighted by Crippen LogP contribution is 2.50. The number of aliphatic hydroxyl groups excluding tert-OH is 5. The van der Waals surface area contributed by atoms with Gasteiger partial charge in [0.15, 0.2) is 23.9 Å². The van der Waals surface area contributed by atoms with Gasteiger partial charge in [0.2, 0.25) is 59.3 Å². The molecule has 8 amide bonds. The number of hydrogen-bond donors (Lipinski definition) is 19. The number of carbonyl (C=O) groups excluding carboxylic acids is 8. The normalized spacial score (nSPS) is 26.1. The highest BCUT2D eigenvalue weighted by Gasteiger charge is 2.52. The summed E-state index contributed by atoms with van der Waals surface area (Å²) < 4.78 is 40.2. The second-order valence-corrected chi connectivity index (χ2v) is 34.9. The Morgan fingerprint density at radius 1 is 0.643 bits per heavy atom. The molecule has 18 atom stereocenters. The molecule has 38 heteroatoms. The molecule has 7 heterocycles. The van der Waals surface area contributed by atoms with Crippen molar-refractivity contribution in [3.05, 3.63) is 117 Å². The van der Waals surface area contributed by atoms with Gasteiger partial charge in [-0.05, 0) is 183 Å². The molecule has 7 aliphatic heterocycles. The molecule has 5 aromatic rings. The Morgan fingerprint density at radius 3 is 1.83 bits per heavy atom. The van der Waals surface area contributed by atoms with Crippen LogP contribution in [0.2, 0.25) is 10.0 Å². The van der Waals surface area contributed by atoms with Crippen LogP contribution in [0.5, 0.6) is 46.0 Å². The zero-order chi connectivity index (χ0) is 91.7. The average Bonchev–Trinajstić information content (AvgIpc) is 0.762. The van der Waals surface area contributed by atoms with Gasteiger partial charge in [0.05, 0.1) is 34.7 Å². The predicted molar refractivity (Wildman–Crippen MR) is 466 cm³/mol. The summed E-state index contributed by atoms with van der Waals surface area (Å²) in [4.78, 5) is 128. The van der Waals surface area contributed by atoms with Crippen molar-refractivity contribution in [3.63, 3.8) is 0 Å². The molecule has 11 bridgehead atoms. The lowest BCUT2D eigenvalue weighted by molar-refractivity contribution is -0.331. The number of rotatable bonds is 34. The fraction of sp³-hybridized carbons (Fsp3) is 0.568. The number of amides is 8. The molecule has 5 aromatic carbocycles. The summed E-state index contributed by atoms with van der Waals surface area (Å²) in [6.07, 6.45) is -7.35. The fourth-order valence-corrected chi connectivity index (χ4v) is 16.8. The number of carbonyl (C=O) groups is 8. The molecule has 36 nitrogen and oxygen atoms in total. The van der Waals surface area contributed by atoms with E-state index in [9.17, 15) is 50.4 Å². The van der Waals surface area contributed by atoms with Crippen LogP contribution in [0.4, 0.5) is 0 Å². The Morgan fingerprint density at radius 2 is 1.24 bits per heavy atom. The van der Waals surface area contributed by atoms with E-state index < -0.39 is 210 Å². The van der Waals surface area contributed by atoms with Crippen molar-refractivity contribution in [2.75, 3.05) is 87.6 Å². The first kappa shape index (κ1) is 98.9. The number of halogens is 2. The van der Waals surface area contributed by atoms with E-state index in [1.165, 1.54) is 80.4 Å². The van der Waals surface area contributed by atoms with Crippen molar-refractivity contribution in [3.8, 4) is 57.1 Å². The minimum atomic E-state index is -2.32. The summed E-state index contributed by atoms with van der Waals surface area (Å²) in [6, 6.07) is 1.17. The van der Waals surface area contributed by atoms with Crippen LogP contribution < -0.4 is 73.5 Å². The van der Waals surface area contributed by atoms with Gasteiger partial charge in [-0.2, -0.15) is 0 Å². The molecule has 21 N–H and O–H groups in total. The van der Waals surface area contributed by atoms with E-state index in [-0.39, 0.29) is 86.8 Å². The zero-order valence-electron chi connectivity index (χ0n) is 72.8. The van der Waals surface area contributed by atoms with Gasteiger partial charge in [0.25, 0.3) is 0 Å². The van der Waals surface area contributed by atoms with E-state index in [0.29, 0.717) is 39.0 Å². The third-order valence-electron chi connectivity index (χ3n) is 23.2. The lowest BCUT2D eigenvalue weighted by Gasteiger charge is -2.48. The topological polar surface area (TPSA) is 524 Å². The number of hydrogen-bond acceptors (Lipinski definition) is 28. The van der Waals surface area contributed by atoms with Crippen molar-refractivity contribution < 1.29 is 108 Å². The molecule has 2 saturated heterocycles. The van der Waals surface area contributed by atoms with Crippen molar-refractivity contribution in [1.82, 2.24) is 62.6 Å². The maximum atomic E-state index is 16.5. The van der Waals surface area contributed by atoms with Gasteiger partial charge in [-0.3, -0.25) is 38.4 Å². The Labute approximate surface area is 743 Å². The van der Waals surface area contributed by atoms with Crippen molar-refractivity contribution in [2.45, 2.75) is 227 Å². The van der Waals surface area contributed by atoms with Gasteiger partial charge in [0.1, 0.15) is 95.5 Å². The van der Waals surface area contributed by atoms with Crippen LogP contribution in [0.3, 0.4) is 0 Å². The number of likely N-dealkylation sites (N-methyl/N-ethyl adjacent to an activating group) is 1. The van der Waals surface area contributed by atoms with Crippen molar-refractivity contribution >= 4 is 70.5 Å². The molecule has 0 aromatic heterocycles. The van der Waals surface area contributed by atoms with Crippen LogP contribution in [-0.2, 0) is 52.6 Å². The first-order valence-electron chi connectivity index (χ1n) is 43.0. The number of aromatic hydroxyl groups is 3. The first-order chi connectivity index (χ1) is 59.9. The molecule has 12 rings (SSSR count). The van der Waals surface area contributed by atoms with Crippen LogP contribution >= 0.6 is 23.2 Å². The Hall–Kier alpha value is -9.32. The van der Waals surface area contributed by atoms with Gasteiger partial charge in [-0.1, -0.05) is 107 Å². The first-order valence-corrected chi connectivity index (χ1v) is 43.8. The number of primary amides is 1. The molecule has 692 valence electrons.